The first kappa shape index (κ1) is 22.9. The zero-order chi connectivity index (χ0) is 21.6. The molecular weight excluding hydrogens is 390 g/mol. The predicted octanol–water partition coefficient (Wildman–Crippen LogP) is 3.91. The van der Waals surface area contributed by atoms with E-state index in [1.165, 1.54) is 24.6 Å². The van der Waals surface area contributed by atoms with Crippen molar-refractivity contribution in [3.05, 3.63) is 71.3 Å². The van der Waals surface area contributed by atoms with Gasteiger partial charge in [0.1, 0.15) is 11.6 Å². The summed E-state index contributed by atoms with van der Waals surface area (Å²) < 4.78 is 26.8. The van der Waals surface area contributed by atoms with Crippen molar-refractivity contribution in [2.75, 3.05) is 0 Å². The van der Waals surface area contributed by atoms with Gasteiger partial charge in [0, 0.05) is 24.0 Å². The molecule has 0 aliphatic rings. The Labute approximate surface area is 174 Å². The highest BCUT2D eigenvalue weighted by molar-refractivity contribution is 5.83. The smallest absolute Gasteiger partial charge is 0.240 e. The van der Waals surface area contributed by atoms with Gasteiger partial charge in [0.05, 0.1) is 12.4 Å². The molecule has 0 atom stereocenters. The maximum absolute atomic E-state index is 13.4. The van der Waals surface area contributed by atoms with Crippen LogP contribution in [0.3, 0.4) is 0 Å². The van der Waals surface area contributed by atoms with Crippen LogP contribution in [-0.4, -0.2) is 24.2 Å². The van der Waals surface area contributed by atoms with Crippen LogP contribution < -0.4 is 10.9 Å². The molecule has 0 fully saturated rings. The summed E-state index contributed by atoms with van der Waals surface area (Å²) in [6.45, 7) is 0. The van der Waals surface area contributed by atoms with Gasteiger partial charge in [-0.1, -0.05) is 49.2 Å². The van der Waals surface area contributed by atoms with Gasteiger partial charge in [0.15, 0.2) is 0 Å². The van der Waals surface area contributed by atoms with E-state index in [0.29, 0.717) is 36.8 Å². The second-order valence-electron chi connectivity index (χ2n) is 6.54. The van der Waals surface area contributed by atoms with E-state index in [4.69, 9.17) is 0 Å². The molecule has 0 unspecified atom stereocenters. The summed E-state index contributed by atoms with van der Waals surface area (Å²) in [5, 5.41) is 7.48. The molecule has 158 valence electrons. The van der Waals surface area contributed by atoms with Gasteiger partial charge in [-0.3, -0.25) is 9.59 Å². The Balaban J connectivity index is 1.52. The highest BCUT2D eigenvalue weighted by Crippen LogP contribution is 2.06. The van der Waals surface area contributed by atoms with E-state index >= 15 is 0 Å². The van der Waals surface area contributed by atoms with Crippen molar-refractivity contribution < 1.29 is 18.4 Å². The lowest BCUT2D eigenvalue weighted by Gasteiger charge is -2.02. The van der Waals surface area contributed by atoms with Crippen molar-refractivity contribution in [1.82, 2.24) is 10.9 Å². The molecule has 0 saturated heterocycles. The topological polar surface area (TPSA) is 82.9 Å². The third-order valence-electron chi connectivity index (χ3n) is 4.15. The van der Waals surface area contributed by atoms with Gasteiger partial charge in [-0.05, 0) is 25.0 Å². The molecule has 0 radical (unpaired) electrons. The maximum Gasteiger partial charge on any atom is 0.240 e. The first-order valence-corrected chi connectivity index (χ1v) is 9.69. The zero-order valence-corrected chi connectivity index (χ0v) is 16.5. The Kier molecular flexibility index (Phi) is 9.85. The summed E-state index contributed by atoms with van der Waals surface area (Å²) >= 11 is 0. The number of rotatable bonds is 11. The number of amides is 2. The average molecular weight is 414 g/mol. The molecule has 0 aliphatic heterocycles. The molecule has 2 rings (SSSR count). The second kappa shape index (κ2) is 12.9. The highest BCUT2D eigenvalue weighted by Gasteiger charge is 2.03. The average Bonchev–Trinajstić information content (AvgIpc) is 2.73. The van der Waals surface area contributed by atoms with Gasteiger partial charge in [-0.2, -0.15) is 10.2 Å². The van der Waals surface area contributed by atoms with Crippen molar-refractivity contribution >= 4 is 24.2 Å². The number of unbranched alkanes of at least 4 members (excludes halogenated alkanes) is 3. The number of hydrazone groups is 2. The summed E-state index contributed by atoms with van der Waals surface area (Å²) in [4.78, 5) is 23.4. The molecule has 2 amide bonds. The molecule has 2 aromatic carbocycles. The summed E-state index contributed by atoms with van der Waals surface area (Å²) in [5.41, 5.74) is 5.33. The number of hydrogen-bond acceptors (Lipinski definition) is 4. The van der Waals surface area contributed by atoms with Crippen LogP contribution in [0.1, 0.15) is 49.7 Å². The first-order chi connectivity index (χ1) is 14.6. The lowest BCUT2D eigenvalue weighted by atomic mass is 10.1. The maximum atomic E-state index is 13.4. The predicted molar refractivity (Wildman–Crippen MR) is 112 cm³/mol. The fraction of sp³-hybridized carbons (Fsp3) is 0.273. The van der Waals surface area contributed by atoms with Crippen molar-refractivity contribution in [3.63, 3.8) is 0 Å². The standard InChI is InChI=1S/C22H24F2N4O2/c23-19-11-7-5-9-17(19)15-25-27-21(29)13-3-1-2-4-14-22(30)28-26-16-18-10-6-8-12-20(18)24/h5-12,15-16H,1-4,13-14H2,(H,27,29)(H,28,30). The molecule has 8 heteroatoms. The van der Waals surface area contributed by atoms with Crippen molar-refractivity contribution in [1.29, 1.82) is 0 Å². The Bertz CT molecular complexity index is 827. The third kappa shape index (κ3) is 8.72. The van der Waals surface area contributed by atoms with Gasteiger partial charge in [0.2, 0.25) is 11.8 Å². The molecule has 6 nitrogen and oxygen atoms in total. The molecule has 0 heterocycles. The van der Waals surface area contributed by atoms with Crippen LogP contribution in [-0.2, 0) is 9.59 Å². The van der Waals surface area contributed by atoms with E-state index in [2.05, 4.69) is 21.1 Å². The molecule has 30 heavy (non-hydrogen) atoms. The molecular formula is C22H24F2N4O2. The number of nitrogens with one attached hydrogen (secondary N) is 2. The summed E-state index contributed by atoms with van der Waals surface area (Å²) in [5.74, 6) is -1.31. The van der Waals surface area contributed by atoms with E-state index in [1.807, 2.05) is 0 Å². The van der Waals surface area contributed by atoms with Crippen molar-refractivity contribution in [2.24, 2.45) is 10.2 Å². The summed E-state index contributed by atoms with van der Waals surface area (Å²) in [6.07, 6.45) is 6.02. The Morgan fingerprint density at radius 1 is 0.700 bits per heavy atom. The van der Waals surface area contributed by atoms with Gasteiger partial charge < -0.3 is 0 Å². The molecule has 2 N–H and O–H groups in total. The number of carbonyl (C=O) groups is 2. The van der Waals surface area contributed by atoms with E-state index < -0.39 is 11.6 Å². The number of carbonyl (C=O) groups excluding carboxylic acids is 2. The van der Waals surface area contributed by atoms with Crippen molar-refractivity contribution in [2.45, 2.75) is 38.5 Å². The zero-order valence-electron chi connectivity index (χ0n) is 16.5. The van der Waals surface area contributed by atoms with Gasteiger partial charge >= 0.3 is 0 Å². The Hall–Kier alpha value is -3.42. The van der Waals surface area contributed by atoms with E-state index in [-0.39, 0.29) is 11.8 Å². The molecule has 0 saturated carbocycles. The third-order valence-corrected chi connectivity index (χ3v) is 4.15. The largest absolute Gasteiger partial charge is 0.273 e. The number of benzene rings is 2. The van der Waals surface area contributed by atoms with Crippen LogP contribution >= 0.6 is 0 Å². The number of halogens is 2. The molecule has 0 aromatic heterocycles. The SMILES string of the molecule is O=C(CCCCCCC(=O)NN=Cc1ccccc1F)NN=Cc1ccccc1F. The molecule has 0 bridgehead atoms. The summed E-state index contributed by atoms with van der Waals surface area (Å²) in [6, 6.07) is 12.3. The van der Waals surface area contributed by atoms with Crippen LogP contribution in [0.25, 0.3) is 0 Å². The monoisotopic (exact) mass is 414 g/mol. The molecule has 0 aliphatic carbocycles. The molecule has 0 spiro atoms. The van der Waals surface area contributed by atoms with Crippen LogP contribution in [0.15, 0.2) is 58.7 Å². The second-order valence-corrected chi connectivity index (χ2v) is 6.54. The van der Waals surface area contributed by atoms with Gasteiger partial charge in [0.25, 0.3) is 0 Å². The van der Waals surface area contributed by atoms with Crippen LogP contribution in [0, 0.1) is 11.6 Å². The fourth-order valence-electron chi connectivity index (χ4n) is 2.54. The van der Waals surface area contributed by atoms with Crippen LogP contribution in [0.2, 0.25) is 0 Å². The minimum absolute atomic E-state index is 0.247. The van der Waals surface area contributed by atoms with Gasteiger partial charge in [-0.15, -0.1) is 0 Å². The molecule has 2 aromatic rings. The number of hydrogen-bond donors (Lipinski definition) is 2. The lowest BCUT2D eigenvalue weighted by Crippen LogP contribution is -2.17. The summed E-state index contributed by atoms with van der Waals surface area (Å²) in [7, 11) is 0. The van der Waals surface area contributed by atoms with Crippen molar-refractivity contribution in [3.8, 4) is 0 Å². The van der Waals surface area contributed by atoms with E-state index in [0.717, 1.165) is 12.8 Å². The minimum Gasteiger partial charge on any atom is -0.273 e. The Morgan fingerprint density at radius 3 is 1.50 bits per heavy atom. The van der Waals surface area contributed by atoms with E-state index in [9.17, 15) is 18.4 Å². The van der Waals surface area contributed by atoms with Crippen LogP contribution in [0.4, 0.5) is 8.78 Å². The number of nitrogens with zero attached hydrogens (tertiary/aromatic N) is 2. The minimum atomic E-state index is -0.405. The highest BCUT2D eigenvalue weighted by atomic mass is 19.1. The van der Waals surface area contributed by atoms with E-state index in [1.54, 1.807) is 36.4 Å². The normalized spacial score (nSPS) is 11.1. The van der Waals surface area contributed by atoms with Crippen LogP contribution in [0.5, 0.6) is 0 Å². The van der Waals surface area contributed by atoms with Gasteiger partial charge in [-0.25, -0.2) is 19.6 Å². The lowest BCUT2D eigenvalue weighted by molar-refractivity contribution is -0.122. The fourth-order valence-corrected chi connectivity index (χ4v) is 2.54. The first-order valence-electron chi connectivity index (χ1n) is 9.69. The quantitative estimate of drug-likeness (QED) is 0.332. The Morgan fingerprint density at radius 2 is 1.10 bits per heavy atom.